The molecule has 1 unspecified atom stereocenters. The van der Waals surface area contributed by atoms with Crippen molar-refractivity contribution in [3.8, 4) is 0 Å². The van der Waals surface area contributed by atoms with Crippen LogP contribution < -0.4 is 5.32 Å². The topological polar surface area (TPSA) is 55.6 Å². The lowest BCUT2D eigenvalue weighted by Gasteiger charge is -2.18. The number of halogens is 1. The van der Waals surface area contributed by atoms with Crippen LogP contribution in [0.1, 0.15) is 30.6 Å². The van der Waals surface area contributed by atoms with E-state index in [1.165, 1.54) is 0 Å². The lowest BCUT2D eigenvalue weighted by atomic mass is 10.1. The molecule has 1 N–H and O–H groups in total. The molecule has 0 bridgehead atoms. The first-order valence-electron chi connectivity index (χ1n) is 5.93. The number of rotatable bonds is 5. The molecule has 0 amide bonds. The predicted octanol–water partition coefficient (Wildman–Crippen LogP) is 2.05. The highest BCUT2D eigenvalue weighted by atomic mass is 35.5. The summed E-state index contributed by atoms with van der Waals surface area (Å²) in [6.07, 6.45) is 6.11. The van der Waals surface area contributed by atoms with Crippen molar-refractivity contribution in [3.63, 3.8) is 0 Å². The van der Waals surface area contributed by atoms with Gasteiger partial charge in [0.2, 0.25) is 0 Å². The predicted molar refractivity (Wildman–Crippen MR) is 70.5 cm³/mol. The fourth-order valence-corrected chi connectivity index (χ4v) is 2.23. The fraction of sp³-hybridized carbons (Fsp3) is 0.417. The third kappa shape index (κ3) is 2.52. The van der Waals surface area contributed by atoms with Crippen LogP contribution in [0.5, 0.6) is 0 Å². The summed E-state index contributed by atoms with van der Waals surface area (Å²) in [5.41, 5.74) is 1.99. The highest BCUT2D eigenvalue weighted by Crippen LogP contribution is 2.27. The minimum Gasteiger partial charge on any atom is -0.308 e. The molecule has 2 rings (SSSR count). The van der Waals surface area contributed by atoms with Crippen molar-refractivity contribution in [1.82, 2.24) is 25.3 Å². The first-order valence-corrected chi connectivity index (χ1v) is 6.30. The molecule has 18 heavy (non-hydrogen) atoms. The van der Waals surface area contributed by atoms with Gasteiger partial charge in [-0.1, -0.05) is 18.5 Å². The van der Waals surface area contributed by atoms with Gasteiger partial charge in [-0.3, -0.25) is 4.68 Å². The van der Waals surface area contributed by atoms with E-state index in [2.05, 4.69) is 27.5 Å². The molecule has 2 aromatic heterocycles. The molecule has 0 saturated carbocycles. The van der Waals surface area contributed by atoms with Crippen LogP contribution in [0.4, 0.5) is 0 Å². The summed E-state index contributed by atoms with van der Waals surface area (Å²) in [7, 11) is 1.89. The van der Waals surface area contributed by atoms with E-state index in [0.29, 0.717) is 5.02 Å². The highest BCUT2D eigenvalue weighted by molar-refractivity contribution is 6.31. The molecule has 0 aliphatic carbocycles. The van der Waals surface area contributed by atoms with Crippen LogP contribution in [0.3, 0.4) is 0 Å². The van der Waals surface area contributed by atoms with Gasteiger partial charge in [-0.25, -0.2) is 0 Å². The van der Waals surface area contributed by atoms with E-state index in [9.17, 15) is 0 Å². The van der Waals surface area contributed by atoms with Crippen LogP contribution in [0.2, 0.25) is 5.02 Å². The van der Waals surface area contributed by atoms with Gasteiger partial charge in [0.25, 0.3) is 0 Å². The van der Waals surface area contributed by atoms with Crippen molar-refractivity contribution in [2.75, 3.05) is 7.05 Å². The molecule has 0 aliphatic rings. The molecular formula is C12H16ClN5. The van der Waals surface area contributed by atoms with E-state index in [-0.39, 0.29) is 6.04 Å². The van der Waals surface area contributed by atoms with Crippen LogP contribution in [0.25, 0.3) is 0 Å². The molecule has 0 spiro atoms. The van der Waals surface area contributed by atoms with Crippen LogP contribution in [0, 0.1) is 0 Å². The smallest absolute Gasteiger partial charge is 0.0837 e. The second-order valence-electron chi connectivity index (χ2n) is 4.00. The monoisotopic (exact) mass is 265 g/mol. The maximum atomic E-state index is 6.24. The maximum Gasteiger partial charge on any atom is 0.0837 e. The zero-order valence-electron chi connectivity index (χ0n) is 10.5. The molecule has 0 fully saturated rings. The van der Waals surface area contributed by atoms with Crippen LogP contribution in [-0.2, 0) is 6.54 Å². The van der Waals surface area contributed by atoms with Crippen LogP contribution in [-0.4, -0.2) is 27.0 Å². The second kappa shape index (κ2) is 5.93. The van der Waals surface area contributed by atoms with Crippen molar-refractivity contribution < 1.29 is 0 Å². The normalized spacial score (nSPS) is 12.6. The van der Waals surface area contributed by atoms with Gasteiger partial charge in [0.05, 0.1) is 29.2 Å². The first kappa shape index (κ1) is 13.0. The summed E-state index contributed by atoms with van der Waals surface area (Å²) in [6, 6.07) is 1.90. The second-order valence-corrected chi connectivity index (χ2v) is 4.41. The van der Waals surface area contributed by atoms with Gasteiger partial charge in [0.15, 0.2) is 0 Å². The SMILES string of the molecule is CCCn1ncc(Cl)c1C(NC)c1ccnnc1. The molecule has 0 radical (unpaired) electrons. The molecule has 6 heteroatoms. The summed E-state index contributed by atoms with van der Waals surface area (Å²) in [5, 5.41) is 15.9. The Morgan fingerprint density at radius 3 is 2.83 bits per heavy atom. The molecule has 0 saturated heterocycles. The van der Waals surface area contributed by atoms with Crippen molar-refractivity contribution in [3.05, 3.63) is 40.9 Å². The number of aryl methyl sites for hydroxylation is 1. The van der Waals surface area contributed by atoms with Gasteiger partial charge in [-0.05, 0) is 25.1 Å². The Bertz CT molecular complexity index is 496. The summed E-state index contributed by atoms with van der Waals surface area (Å²) < 4.78 is 1.93. The number of nitrogens with zero attached hydrogens (tertiary/aromatic N) is 4. The molecule has 5 nitrogen and oxygen atoms in total. The van der Waals surface area contributed by atoms with E-state index in [1.807, 2.05) is 17.8 Å². The molecular weight excluding hydrogens is 250 g/mol. The van der Waals surface area contributed by atoms with E-state index >= 15 is 0 Å². The Kier molecular flexibility index (Phi) is 4.28. The van der Waals surface area contributed by atoms with Crippen molar-refractivity contribution in [2.45, 2.75) is 25.9 Å². The van der Waals surface area contributed by atoms with Crippen LogP contribution >= 0.6 is 11.6 Å². The summed E-state index contributed by atoms with van der Waals surface area (Å²) >= 11 is 6.24. The molecule has 0 aliphatic heterocycles. The average molecular weight is 266 g/mol. The fourth-order valence-electron chi connectivity index (χ4n) is 1.98. The van der Waals surface area contributed by atoms with E-state index in [0.717, 1.165) is 24.2 Å². The number of nitrogens with one attached hydrogen (secondary N) is 1. The largest absolute Gasteiger partial charge is 0.308 e. The van der Waals surface area contributed by atoms with Gasteiger partial charge in [-0.15, -0.1) is 0 Å². The minimum atomic E-state index is -0.0259. The maximum absolute atomic E-state index is 6.24. The average Bonchev–Trinajstić information content (AvgIpc) is 2.75. The Hall–Kier alpha value is -1.46. The lowest BCUT2D eigenvalue weighted by Crippen LogP contribution is -2.22. The van der Waals surface area contributed by atoms with E-state index in [4.69, 9.17) is 11.6 Å². The third-order valence-electron chi connectivity index (χ3n) is 2.77. The van der Waals surface area contributed by atoms with Gasteiger partial charge in [0.1, 0.15) is 0 Å². The van der Waals surface area contributed by atoms with Gasteiger partial charge < -0.3 is 5.32 Å². The molecule has 2 aromatic rings. The molecule has 96 valence electrons. The standard InChI is InChI=1S/C12H16ClN5/c1-3-6-18-12(10(13)8-17-18)11(14-2)9-4-5-15-16-7-9/h4-5,7-8,11,14H,3,6H2,1-2H3. The molecule has 1 atom stereocenters. The van der Waals surface area contributed by atoms with Crippen molar-refractivity contribution >= 4 is 11.6 Å². The van der Waals surface area contributed by atoms with Gasteiger partial charge >= 0.3 is 0 Å². The molecule has 0 aromatic carbocycles. The third-order valence-corrected chi connectivity index (χ3v) is 3.06. The van der Waals surface area contributed by atoms with Crippen molar-refractivity contribution in [1.29, 1.82) is 0 Å². The minimum absolute atomic E-state index is 0.0259. The van der Waals surface area contributed by atoms with E-state index in [1.54, 1.807) is 18.6 Å². The van der Waals surface area contributed by atoms with Crippen LogP contribution in [0.15, 0.2) is 24.7 Å². The zero-order chi connectivity index (χ0) is 13.0. The number of hydrogen-bond acceptors (Lipinski definition) is 4. The Morgan fingerprint density at radius 2 is 2.22 bits per heavy atom. The van der Waals surface area contributed by atoms with Gasteiger partial charge in [0, 0.05) is 12.7 Å². The summed E-state index contributed by atoms with van der Waals surface area (Å²) in [4.78, 5) is 0. The zero-order valence-corrected chi connectivity index (χ0v) is 11.2. The summed E-state index contributed by atoms with van der Waals surface area (Å²) in [6.45, 7) is 2.96. The highest BCUT2D eigenvalue weighted by Gasteiger charge is 2.20. The number of hydrogen-bond donors (Lipinski definition) is 1. The van der Waals surface area contributed by atoms with E-state index < -0.39 is 0 Å². The Morgan fingerprint density at radius 1 is 1.39 bits per heavy atom. The Balaban J connectivity index is 2.41. The van der Waals surface area contributed by atoms with Gasteiger partial charge in [-0.2, -0.15) is 15.3 Å². The Labute approximate surface area is 111 Å². The van der Waals surface area contributed by atoms with Crippen molar-refractivity contribution in [2.24, 2.45) is 0 Å². The number of aromatic nitrogens is 4. The summed E-state index contributed by atoms with van der Waals surface area (Å²) in [5.74, 6) is 0. The lowest BCUT2D eigenvalue weighted by molar-refractivity contribution is 0.533. The first-order chi connectivity index (χ1) is 8.77. The molecule has 2 heterocycles. The quantitative estimate of drug-likeness (QED) is 0.899.